The fraction of sp³-hybridized carbons (Fsp3) is 0.281. The summed E-state index contributed by atoms with van der Waals surface area (Å²) in [7, 11) is 7.20. The van der Waals surface area contributed by atoms with Crippen LogP contribution in [0, 0.1) is 22.6 Å². The lowest BCUT2D eigenvalue weighted by atomic mass is 9.69. The first kappa shape index (κ1) is 27.5. The highest BCUT2D eigenvalue weighted by Gasteiger charge is 2.38. The van der Waals surface area contributed by atoms with Crippen molar-refractivity contribution in [2.75, 3.05) is 17.2 Å². The van der Waals surface area contributed by atoms with Gasteiger partial charge in [-0.2, -0.15) is 5.26 Å². The fourth-order valence-electron chi connectivity index (χ4n) is 5.03. The summed E-state index contributed by atoms with van der Waals surface area (Å²) in [6.07, 6.45) is 7.48. The standard InChI is InChI=1S/C32H32BFN8/c1-31(2,3)19-38-29-20(16-35)17-37-30-25(27-6-4-5-13-36-27)14-23(15-26(29)30)39-32(33,21-7-9-22(34)10-8-21)28-18-42(41-40-28)24-11-12-24/h4-10,13-15,17-18,24,39-41H,11-12,19H2,1-3H3,(H,37,38). The molecule has 1 atom stereocenters. The average Bonchev–Trinajstić information content (AvgIpc) is 3.71. The fourth-order valence-corrected chi connectivity index (χ4v) is 5.03. The van der Waals surface area contributed by atoms with Crippen LogP contribution >= 0.6 is 0 Å². The minimum Gasteiger partial charge on any atom is -0.383 e. The molecule has 1 fully saturated rings. The molecule has 8 nitrogen and oxygen atoms in total. The third-order valence-electron chi connectivity index (χ3n) is 7.42. The van der Waals surface area contributed by atoms with Crippen LogP contribution in [-0.2, 0) is 5.44 Å². The summed E-state index contributed by atoms with van der Waals surface area (Å²) in [6, 6.07) is 18.5. The molecule has 1 saturated carbocycles. The van der Waals surface area contributed by atoms with E-state index >= 15 is 0 Å². The van der Waals surface area contributed by atoms with Crippen LogP contribution in [0.4, 0.5) is 15.8 Å². The van der Waals surface area contributed by atoms with Gasteiger partial charge in [0, 0.05) is 47.8 Å². The van der Waals surface area contributed by atoms with E-state index in [4.69, 9.17) is 12.8 Å². The topological polar surface area (TPSA) is 101 Å². The Morgan fingerprint density at radius 1 is 1.12 bits per heavy atom. The summed E-state index contributed by atoms with van der Waals surface area (Å²) in [6.45, 7) is 7.05. The minimum atomic E-state index is -1.27. The van der Waals surface area contributed by atoms with Crippen molar-refractivity contribution in [2.24, 2.45) is 5.41 Å². The van der Waals surface area contributed by atoms with Gasteiger partial charge in [0.2, 0.25) is 0 Å². The van der Waals surface area contributed by atoms with E-state index in [1.807, 2.05) is 41.5 Å². The monoisotopic (exact) mass is 558 g/mol. The van der Waals surface area contributed by atoms with E-state index in [0.717, 1.165) is 29.5 Å². The molecule has 0 saturated heterocycles. The molecule has 2 aromatic carbocycles. The number of rotatable bonds is 8. The van der Waals surface area contributed by atoms with Gasteiger partial charge in [0.05, 0.1) is 33.6 Å². The highest BCUT2D eigenvalue weighted by molar-refractivity contribution is 6.19. The van der Waals surface area contributed by atoms with Crippen LogP contribution in [0.25, 0.3) is 22.2 Å². The number of hydrazine groups is 2. The second-order valence-corrected chi connectivity index (χ2v) is 12.1. The highest BCUT2D eigenvalue weighted by Crippen LogP contribution is 2.39. The zero-order valence-corrected chi connectivity index (χ0v) is 23.9. The lowest BCUT2D eigenvalue weighted by Crippen LogP contribution is -2.45. The zero-order valence-electron chi connectivity index (χ0n) is 23.9. The predicted molar refractivity (Wildman–Crippen MR) is 164 cm³/mol. The minimum absolute atomic E-state index is 0.0297. The van der Waals surface area contributed by atoms with Gasteiger partial charge in [0.25, 0.3) is 0 Å². The zero-order chi connectivity index (χ0) is 29.5. The Kier molecular flexibility index (Phi) is 6.99. The Morgan fingerprint density at radius 3 is 2.57 bits per heavy atom. The Morgan fingerprint density at radius 2 is 1.90 bits per heavy atom. The summed E-state index contributed by atoms with van der Waals surface area (Å²) in [4.78, 5) is 9.32. The first-order valence-electron chi connectivity index (χ1n) is 14.0. The Labute approximate surface area is 246 Å². The van der Waals surface area contributed by atoms with Crippen LogP contribution < -0.4 is 21.6 Å². The number of nitrogens with zero attached hydrogens (tertiary/aromatic N) is 4. The second kappa shape index (κ2) is 10.7. The summed E-state index contributed by atoms with van der Waals surface area (Å²) in [5.74, 6) is -0.347. The van der Waals surface area contributed by atoms with E-state index in [0.29, 0.717) is 46.3 Å². The molecule has 2 radical (unpaired) electrons. The molecule has 2 aliphatic rings. The van der Waals surface area contributed by atoms with Gasteiger partial charge in [-0.25, -0.2) is 4.39 Å². The maximum absolute atomic E-state index is 14.0. The summed E-state index contributed by atoms with van der Waals surface area (Å²) >= 11 is 0. The van der Waals surface area contributed by atoms with E-state index < -0.39 is 5.44 Å². The SMILES string of the molecule is [B]C(Nc1cc(-c2ccccn2)c2ncc(C#N)c(NCC(C)(C)C)c2c1)(C1=CN(C2CC2)NN1)c1ccc(F)cc1. The summed E-state index contributed by atoms with van der Waals surface area (Å²) in [5.41, 5.74) is 10.5. The van der Waals surface area contributed by atoms with E-state index in [1.54, 1.807) is 24.5 Å². The molecular formula is C32H32BFN8. The number of hydrogen-bond donors (Lipinski definition) is 4. The first-order chi connectivity index (χ1) is 20.1. The largest absolute Gasteiger partial charge is 0.383 e. The van der Waals surface area contributed by atoms with E-state index in [1.165, 1.54) is 12.1 Å². The van der Waals surface area contributed by atoms with E-state index in [2.05, 4.69) is 53.4 Å². The Bertz CT molecular complexity index is 1690. The lowest BCUT2D eigenvalue weighted by Gasteiger charge is -2.34. The maximum Gasteiger partial charge on any atom is 0.123 e. The third kappa shape index (κ3) is 5.48. The van der Waals surface area contributed by atoms with Crippen LogP contribution in [-0.4, -0.2) is 35.4 Å². The van der Waals surface area contributed by atoms with Crippen molar-refractivity contribution in [1.82, 2.24) is 25.9 Å². The predicted octanol–water partition coefficient (Wildman–Crippen LogP) is 5.53. The molecule has 4 N–H and O–H groups in total. The average molecular weight is 558 g/mol. The van der Waals surface area contributed by atoms with Crippen LogP contribution in [0.1, 0.15) is 44.7 Å². The van der Waals surface area contributed by atoms with Crippen LogP contribution in [0.15, 0.2) is 78.9 Å². The number of fused-ring (bicyclic) bond motifs is 1. The quantitative estimate of drug-likeness (QED) is 0.210. The lowest BCUT2D eigenvalue weighted by molar-refractivity contribution is 0.260. The molecular weight excluding hydrogens is 526 g/mol. The maximum atomic E-state index is 14.0. The molecule has 4 aromatic rings. The van der Waals surface area contributed by atoms with Gasteiger partial charge in [-0.15, -0.1) is 5.53 Å². The van der Waals surface area contributed by atoms with Crippen LogP contribution in [0.2, 0.25) is 0 Å². The van der Waals surface area contributed by atoms with Gasteiger partial charge < -0.3 is 16.1 Å². The number of pyridine rings is 2. The van der Waals surface area contributed by atoms with Crippen molar-refractivity contribution in [2.45, 2.75) is 45.1 Å². The van der Waals surface area contributed by atoms with E-state index in [-0.39, 0.29) is 11.2 Å². The number of halogens is 1. The molecule has 42 heavy (non-hydrogen) atoms. The number of hydrogen-bond acceptors (Lipinski definition) is 8. The molecule has 3 heterocycles. The smallest absolute Gasteiger partial charge is 0.123 e. The number of aromatic nitrogens is 2. The molecule has 6 rings (SSSR count). The third-order valence-corrected chi connectivity index (χ3v) is 7.42. The van der Waals surface area contributed by atoms with Crippen molar-refractivity contribution in [3.63, 3.8) is 0 Å². The van der Waals surface area contributed by atoms with Gasteiger partial charge >= 0.3 is 0 Å². The van der Waals surface area contributed by atoms with Crippen LogP contribution in [0.5, 0.6) is 0 Å². The number of anilines is 2. The van der Waals surface area contributed by atoms with Gasteiger partial charge in [0.15, 0.2) is 0 Å². The number of nitriles is 1. The normalized spacial score (nSPS) is 16.4. The molecule has 10 heteroatoms. The van der Waals surface area contributed by atoms with Crippen molar-refractivity contribution < 1.29 is 4.39 Å². The van der Waals surface area contributed by atoms with Gasteiger partial charge in [-0.1, -0.05) is 39.0 Å². The van der Waals surface area contributed by atoms with E-state index in [9.17, 15) is 9.65 Å². The molecule has 1 unspecified atom stereocenters. The molecule has 2 aromatic heterocycles. The molecule has 1 aliphatic heterocycles. The van der Waals surface area contributed by atoms with Crippen molar-refractivity contribution in [3.8, 4) is 17.3 Å². The number of benzene rings is 2. The second-order valence-electron chi connectivity index (χ2n) is 12.1. The Hall–Kier alpha value is -4.62. The van der Waals surface area contributed by atoms with Crippen molar-refractivity contribution in [3.05, 3.63) is 95.8 Å². The summed E-state index contributed by atoms with van der Waals surface area (Å²) < 4.78 is 14.0. The molecule has 210 valence electrons. The van der Waals surface area contributed by atoms with Crippen molar-refractivity contribution >= 4 is 30.1 Å². The highest BCUT2D eigenvalue weighted by atomic mass is 19.1. The molecule has 0 amide bonds. The Balaban J connectivity index is 1.53. The molecule has 0 spiro atoms. The molecule has 0 bridgehead atoms. The van der Waals surface area contributed by atoms with Gasteiger partial charge in [-0.3, -0.25) is 15.0 Å². The molecule has 1 aliphatic carbocycles. The number of nitrogens with one attached hydrogen (secondary N) is 4. The summed E-state index contributed by atoms with van der Waals surface area (Å²) in [5, 5.41) is 19.8. The first-order valence-corrected chi connectivity index (χ1v) is 14.0. The van der Waals surface area contributed by atoms with Gasteiger partial charge in [-0.05, 0) is 60.2 Å². The van der Waals surface area contributed by atoms with Gasteiger partial charge in [0.1, 0.15) is 19.7 Å². The van der Waals surface area contributed by atoms with Crippen LogP contribution in [0.3, 0.4) is 0 Å². The van der Waals surface area contributed by atoms with Crippen molar-refractivity contribution in [1.29, 1.82) is 5.26 Å².